The first kappa shape index (κ1) is 21.6. The Kier molecular flexibility index (Phi) is 7.28. The maximum absolute atomic E-state index is 14.6. The van der Waals surface area contributed by atoms with Crippen LogP contribution in [0.5, 0.6) is 0 Å². The lowest BCUT2D eigenvalue weighted by Crippen LogP contribution is -2.14. The number of halogens is 3. The molecule has 1 heterocycles. The van der Waals surface area contributed by atoms with E-state index >= 15 is 0 Å². The first-order chi connectivity index (χ1) is 12.0. The van der Waals surface area contributed by atoms with E-state index in [0.29, 0.717) is 12.0 Å². The molecule has 26 heavy (non-hydrogen) atoms. The van der Waals surface area contributed by atoms with Gasteiger partial charge < -0.3 is 0 Å². The van der Waals surface area contributed by atoms with Gasteiger partial charge in [0.15, 0.2) is 11.6 Å². The van der Waals surface area contributed by atoms with Gasteiger partial charge in [-0.2, -0.15) is 14.0 Å². The van der Waals surface area contributed by atoms with Crippen LogP contribution in [0.1, 0.15) is 51.7 Å². The van der Waals surface area contributed by atoms with Crippen molar-refractivity contribution in [2.45, 2.75) is 47.0 Å². The Hall–Kier alpha value is -2.46. The van der Waals surface area contributed by atoms with Gasteiger partial charge in [0, 0.05) is 17.8 Å². The molecule has 2 aromatic rings. The van der Waals surface area contributed by atoms with Crippen molar-refractivity contribution in [2.24, 2.45) is 5.41 Å². The van der Waals surface area contributed by atoms with Crippen LogP contribution < -0.4 is 0 Å². The highest BCUT2D eigenvalue weighted by Crippen LogP contribution is 2.37. The molecule has 6 heteroatoms. The van der Waals surface area contributed by atoms with Gasteiger partial charge in [-0.05, 0) is 46.6 Å². The molecular weight excluding hydrogens is 343 g/mol. The van der Waals surface area contributed by atoms with E-state index < -0.39 is 17.6 Å². The lowest BCUT2D eigenvalue weighted by atomic mass is 9.80. The van der Waals surface area contributed by atoms with Crippen molar-refractivity contribution in [3.8, 4) is 11.1 Å². The molecule has 0 saturated carbocycles. The van der Waals surface area contributed by atoms with Crippen molar-refractivity contribution in [1.29, 1.82) is 0 Å². The van der Waals surface area contributed by atoms with E-state index in [0.717, 1.165) is 17.2 Å². The Morgan fingerprint density at radius 1 is 1.12 bits per heavy atom. The lowest BCUT2D eigenvalue weighted by molar-refractivity contribution is -0.191. The zero-order valence-corrected chi connectivity index (χ0v) is 15.5. The molecule has 0 aliphatic carbocycles. The third kappa shape index (κ3) is 5.53. The summed E-state index contributed by atoms with van der Waals surface area (Å²) in [6.45, 7) is 9.99. The number of benzene rings is 1. The largest absolute Gasteiger partial charge is 0.373 e. The van der Waals surface area contributed by atoms with Gasteiger partial charge in [-0.15, -0.1) is 0 Å². The van der Waals surface area contributed by atoms with Gasteiger partial charge in [0.05, 0.1) is 0 Å². The molecule has 0 spiro atoms. The normalized spacial score (nSPS) is 11.0. The van der Waals surface area contributed by atoms with Crippen molar-refractivity contribution in [1.82, 2.24) is 4.98 Å². The fourth-order valence-corrected chi connectivity index (χ4v) is 2.78. The SMILES string of the molecule is CC(C)c1cc(F)c(F)c(-c2ccnc(F)c2)c1CC(C)(C)C.O=C=O. The van der Waals surface area contributed by atoms with Crippen LogP contribution in [0.4, 0.5) is 13.2 Å². The van der Waals surface area contributed by atoms with E-state index in [2.05, 4.69) is 4.98 Å². The van der Waals surface area contributed by atoms with E-state index in [4.69, 9.17) is 9.59 Å². The maximum atomic E-state index is 14.6. The smallest absolute Gasteiger partial charge is 0.228 e. The van der Waals surface area contributed by atoms with Gasteiger partial charge in [0.25, 0.3) is 0 Å². The number of pyridine rings is 1. The average molecular weight is 365 g/mol. The van der Waals surface area contributed by atoms with Crippen LogP contribution in [0.15, 0.2) is 24.4 Å². The van der Waals surface area contributed by atoms with E-state index in [1.165, 1.54) is 18.3 Å². The number of nitrogens with zero attached hydrogens (tertiary/aromatic N) is 1. The first-order valence-electron chi connectivity index (χ1n) is 8.13. The van der Waals surface area contributed by atoms with Gasteiger partial charge in [-0.1, -0.05) is 34.6 Å². The molecule has 1 aromatic heterocycles. The summed E-state index contributed by atoms with van der Waals surface area (Å²) in [6, 6.07) is 3.92. The molecule has 0 unspecified atom stereocenters. The summed E-state index contributed by atoms with van der Waals surface area (Å²) in [4.78, 5) is 19.7. The summed E-state index contributed by atoms with van der Waals surface area (Å²) in [6.07, 6.45) is 2.09. The van der Waals surface area contributed by atoms with Crippen LogP contribution in [0.3, 0.4) is 0 Å². The molecule has 0 radical (unpaired) electrons. The Labute approximate surface area is 151 Å². The highest BCUT2D eigenvalue weighted by Gasteiger charge is 2.25. The molecule has 0 saturated heterocycles. The van der Waals surface area contributed by atoms with Crippen molar-refractivity contribution >= 4 is 6.15 Å². The third-order valence-electron chi connectivity index (χ3n) is 3.71. The zero-order chi connectivity index (χ0) is 20.1. The molecule has 2 rings (SSSR count). The predicted molar refractivity (Wildman–Crippen MR) is 91.8 cm³/mol. The Morgan fingerprint density at radius 3 is 2.15 bits per heavy atom. The van der Waals surface area contributed by atoms with Gasteiger partial charge in [-0.25, -0.2) is 13.8 Å². The maximum Gasteiger partial charge on any atom is 0.373 e. The molecule has 1 aromatic carbocycles. The van der Waals surface area contributed by atoms with Crippen LogP contribution in [0.25, 0.3) is 11.1 Å². The number of hydrogen-bond acceptors (Lipinski definition) is 3. The van der Waals surface area contributed by atoms with Crippen molar-refractivity contribution in [2.75, 3.05) is 0 Å². The van der Waals surface area contributed by atoms with E-state index in [-0.39, 0.29) is 23.0 Å². The first-order valence-corrected chi connectivity index (χ1v) is 8.13. The Morgan fingerprint density at radius 2 is 1.69 bits per heavy atom. The molecule has 0 N–H and O–H groups in total. The van der Waals surface area contributed by atoms with Crippen LogP contribution in [0.2, 0.25) is 0 Å². The molecule has 0 atom stereocenters. The standard InChI is InChI=1S/C19H22F3N.CO2/c1-11(2)13-9-15(20)18(22)17(14(13)10-19(3,4)5)12-6-7-23-16(21)8-12;2-1-3/h6-9,11H,10H2,1-5H3;. The van der Waals surface area contributed by atoms with Gasteiger partial charge in [0.2, 0.25) is 5.95 Å². The lowest BCUT2D eigenvalue weighted by Gasteiger charge is -2.25. The molecule has 0 aliphatic rings. The third-order valence-corrected chi connectivity index (χ3v) is 3.71. The molecule has 0 aliphatic heterocycles. The molecule has 0 bridgehead atoms. The predicted octanol–water partition coefficient (Wildman–Crippen LogP) is 5.29. The van der Waals surface area contributed by atoms with Gasteiger partial charge in [-0.3, -0.25) is 0 Å². The molecule has 140 valence electrons. The second kappa shape index (κ2) is 8.77. The summed E-state index contributed by atoms with van der Waals surface area (Å²) >= 11 is 0. The van der Waals surface area contributed by atoms with Gasteiger partial charge in [0.1, 0.15) is 0 Å². The van der Waals surface area contributed by atoms with Gasteiger partial charge >= 0.3 is 6.15 Å². The van der Waals surface area contributed by atoms with Crippen LogP contribution in [-0.2, 0) is 16.0 Å². The van der Waals surface area contributed by atoms with Crippen LogP contribution in [0, 0.1) is 23.0 Å². The summed E-state index contributed by atoms with van der Waals surface area (Å²) in [5, 5.41) is 0. The molecular formula is C20H22F3NO2. The summed E-state index contributed by atoms with van der Waals surface area (Å²) < 4.78 is 42.2. The van der Waals surface area contributed by atoms with E-state index in [9.17, 15) is 13.2 Å². The second-order valence-corrected chi connectivity index (χ2v) is 7.46. The van der Waals surface area contributed by atoms with E-state index in [1.54, 1.807) is 0 Å². The van der Waals surface area contributed by atoms with Crippen molar-refractivity contribution in [3.63, 3.8) is 0 Å². The topological polar surface area (TPSA) is 47.0 Å². The number of rotatable bonds is 3. The highest BCUT2D eigenvalue weighted by molar-refractivity contribution is 5.70. The fraction of sp³-hybridized carbons (Fsp3) is 0.400. The number of aromatic nitrogens is 1. The second-order valence-electron chi connectivity index (χ2n) is 7.46. The minimum atomic E-state index is -0.931. The van der Waals surface area contributed by atoms with Crippen molar-refractivity contribution < 1.29 is 22.8 Å². The van der Waals surface area contributed by atoms with E-state index in [1.807, 2.05) is 34.6 Å². The van der Waals surface area contributed by atoms with Crippen molar-refractivity contribution in [3.05, 3.63) is 53.1 Å². The minimum Gasteiger partial charge on any atom is -0.228 e. The fourth-order valence-electron chi connectivity index (χ4n) is 2.78. The molecule has 0 amide bonds. The van der Waals surface area contributed by atoms with Crippen LogP contribution in [-0.4, -0.2) is 11.1 Å². The zero-order valence-electron chi connectivity index (χ0n) is 15.5. The van der Waals surface area contributed by atoms with Crippen LogP contribution >= 0.6 is 0 Å². The molecule has 0 fully saturated rings. The summed E-state index contributed by atoms with van der Waals surface area (Å²) in [7, 11) is 0. The summed E-state index contributed by atoms with van der Waals surface area (Å²) in [5.74, 6) is -2.51. The molecule has 3 nitrogen and oxygen atoms in total. The Bertz CT molecular complexity index is 805. The number of hydrogen-bond donors (Lipinski definition) is 0. The highest BCUT2D eigenvalue weighted by atomic mass is 19.2. The average Bonchev–Trinajstić information content (AvgIpc) is 2.50. The quantitative estimate of drug-likeness (QED) is 0.694. The Balaban J connectivity index is 0.00000105. The number of carbonyl (C=O) groups excluding carboxylic acids is 2. The monoisotopic (exact) mass is 365 g/mol. The summed E-state index contributed by atoms with van der Waals surface area (Å²) in [5.41, 5.74) is 1.83. The minimum absolute atomic E-state index is 0.0351.